The highest BCUT2D eigenvalue weighted by Gasteiger charge is 1.96. The smallest absolute Gasteiger partial charge is 0.166 e. The van der Waals surface area contributed by atoms with Crippen LogP contribution in [0.25, 0.3) is 0 Å². The van der Waals surface area contributed by atoms with Gasteiger partial charge >= 0.3 is 0 Å². The topological polar surface area (TPSA) is 9.23 Å². The van der Waals surface area contributed by atoms with Crippen LogP contribution < -0.4 is 0 Å². The van der Waals surface area contributed by atoms with Crippen LogP contribution in [0.3, 0.4) is 0 Å². The Morgan fingerprint density at radius 3 is 2.44 bits per heavy atom. The van der Waals surface area contributed by atoms with Crippen LogP contribution in [0.15, 0.2) is 22.2 Å². The van der Waals surface area contributed by atoms with Gasteiger partial charge in [-0.2, -0.15) is 0 Å². The number of thioether (sulfide) groups is 1. The zero-order valence-electron chi connectivity index (χ0n) is 5.48. The third-order valence-corrected chi connectivity index (χ3v) is 2.45. The van der Waals surface area contributed by atoms with Gasteiger partial charge in [0, 0.05) is 0 Å². The van der Waals surface area contributed by atoms with E-state index in [2.05, 4.69) is 22.5 Å². The molecule has 0 aromatic heterocycles. The van der Waals surface area contributed by atoms with E-state index in [1.165, 1.54) is 0 Å². The lowest BCUT2D eigenvalue weighted by molar-refractivity contribution is 0.324. The van der Waals surface area contributed by atoms with E-state index in [9.17, 15) is 0 Å². The average molecular weight is 209 g/mol. The van der Waals surface area contributed by atoms with E-state index >= 15 is 0 Å². The summed E-state index contributed by atoms with van der Waals surface area (Å²) in [6.45, 7) is 3.58. The molecule has 0 radical (unpaired) electrons. The van der Waals surface area contributed by atoms with Crippen LogP contribution in [0.1, 0.15) is 0 Å². The zero-order chi connectivity index (χ0) is 7.28. The fraction of sp³-hybridized carbons (Fsp3) is 0.333. The molecule has 0 saturated heterocycles. The highest BCUT2D eigenvalue weighted by Crippen LogP contribution is 2.21. The minimum absolute atomic E-state index is 0.852. The largest absolute Gasteiger partial charge is 0.489 e. The van der Waals surface area contributed by atoms with Crippen molar-refractivity contribution in [1.82, 2.24) is 0 Å². The first-order valence-corrected chi connectivity index (χ1v) is 4.38. The maximum absolute atomic E-state index is 4.98. The first-order chi connectivity index (χ1) is 4.26. The Bertz CT molecular complexity index is 125. The first-order valence-electron chi connectivity index (χ1n) is 2.36. The normalized spacial score (nSPS) is 12.3. The number of rotatable bonds is 3. The summed E-state index contributed by atoms with van der Waals surface area (Å²) in [6.07, 6.45) is 3.65. The number of hydrogen-bond acceptors (Lipinski definition) is 2. The molecule has 0 spiro atoms. The van der Waals surface area contributed by atoms with Crippen LogP contribution in [0.2, 0.25) is 0 Å². The van der Waals surface area contributed by atoms with Crippen molar-refractivity contribution < 1.29 is 4.74 Å². The third-order valence-electron chi connectivity index (χ3n) is 0.745. The van der Waals surface area contributed by atoms with Crippen molar-refractivity contribution in [2.75, 3.05) is 13.4 Å². The second-order valence-electron chi connectivity index (χ2n) is 1.25. The van der Waals surface area contributed by atoms with Crippen LogP contribution in [-0.2, 0) is 4.74 Å². The summed E-state index contributed by atoms with van der Waals surface area (Å²) in [5, 5.41) is 0.852. The Morgan fingerprint density at radius 2 is 2.33 bits per heavy atom. The average Bonchev–Trinajstić information content (AvgIpc) is 1.90. The molecule has 0 heterocycles. The highest BCUT2D eigenvalue weighted by atomic mass is 79.9. The van der Waals surface area contributed by atoms with E-state index in [-0.39, 0.29) is 0 Å². The van der Waals surface area contributed by atoms with Gasteiger partial charge in [-0.25, -0.2) is 0 Å². The van der Waals surface area contributed by atoms with Gasteiger partial charge in [-0.1, -0.05) is 24.4 Å². The summed E-state index contributed by atoms with van der Waals surface area (Å²) in [4.78, 5) is 0. The van der Waals surface area contributed by atoms with Crippen LogP contribution in [0, 0.1) is 0 Å². The van der Waals surface area contributed by atoms with E-state index < -0.39 is 0 Å². The quantitative estimate of drug-likeness (QED) is 0.522. The fourth-order valence-corrected chi connectivity index (χ4v) is 1.45. The summed E-state index contributed by atoms with van der Waals surface area (Å²) in [5.74, 6) is 0. The zero-order valence-corrected chi connectivity index (χ0v) is 7.88. The molecule has 0 fully saturated rings. The SMILES string of the molecule is C=C/C(Br)=C(/OC)SC. The summed E-state index contributed by atoms with van der Waals surface area (Å²) < 4.78 is 5.88. The fourth-order valence-electron chi connectivity index (χ4n) is 0.362. The van der Waals surface area contributed by atoms with Gasteiger partial charge in [0.25, 0.3) is 0 Å². The van der Waals surface area contributed by atoms with Crippen molar-refractivity contribution in [2.24, 2.45) is 0 Å². The van der Waals surface area contributed by atoms with Gasteiger partial charge in [0.2, 0.25) is 0 Å². The Balaban J connectivity index is 4.17. The van der Waals surface area contributed by atoms with Crippen molar-refractivity contribution in [2.45, 2.75) is 0 Å². The summed E-state index contributed by atoms with van der Waals surface area (Å²) in [5.41, 5.74) is 0. The second-order valence-corrected chi connectivity index (χ2v) is 2.88. The van der Waals surface area contributed by atoms with Gasteiger partial charge < -0.3 is 4.74 Å². The summed E-state index contributed by atoms with van der Waals surface area (Å²) in [7, 11) is 1.64. The number of halogens is 1. The maximum Gasteiger partial charge on any atom is 0.166 e. The first kappa shape index (κ1) is 9.11. The Labute approximate surface area is 68.3 Å². The molecule has 0 aromatic carbocycles. The molecule has 0 aliphatic carbocycles. The third kappa shape index (κ3) is 2.96. The van der Waals surface area contributed by atoms with E-state index in [0.29, 0.717) is 0 Å². The van der Waals surface area contributed by atoms with E-state index in [1.807, 2.05) is 6.26 Å². The van der Waals surface area contributed by atoms with Crippen LogP contribution in [0.4, 0.5) is 0 Å². The molecule has 9 heavy (non-hydrogen) atoms. The molecule has 0 atom stereocenters. The van der Waals surface area contributed by atoms with Crippen molar-refractivity contribution >= 4 is 27.7 Å². The minimum atomic E-state index is 0.852. The molecule has 0 bridgehead atoms. The van der Waals surface area contributed by atoms with Crippen molar-refractivity contribution in [1.29, 1.82) is 0 Å². The monoisotopic (exact) mass is 208 g/mol. The van der Waals surface area contributed by atoms with Gasteiger partial charge in [0.15, 0.2) is 5.09 Å². The predicted octanol–water partition coefficient (Wildman–Crippen LogP) is 2.75. The lowest BCUT2D eigenvalue weighted by atomic mass is 10.6. The van der Waals surface area contributed by atoms with Crippen LogP contribution >= 0.6 is 27.7 Å². The van der Waals surface area contributed by atoms with Gasteiger partial charge in [0.05, 0.1) is 11.6 Å². The molecule has 1 nitrogen and oxygen atoms in total. The molecule has 0 aromatic rings. The number of hydrogen-bond donors (Lipinski definition) is 0. The standard InChI is InChI=1S/C6H9BrOS/c1-4-5(7)6(8-2)9-3/h4H,1H2,2-3H3/b6-5+. The van der Waals surface area contributed by atoms with E-state index in [0.717, 1.165) is 9.57 Å². The molecule has 0 aliphatic heterocycles. The molecule has 0 unspecified atom stereocenters. The second kappa shape index (κ2) is 4.94. The molecule has 0 N–H and O–H groups in total. The number of ether oxygens (including phenoxy) is 1. The van der Waals surface area contributed by atoms with E-state index in [1.54, 1.807) is 24.9 Å². The molecule has 0 rings (SSSR count). The lowest BCUT2D eigenvalue weighted by Gasteiger charge is -2.01. The van der Waals surface area contributed by atoms with Gasteiger partial charge in [0.1, 0.15) is 0 Å². The Morgan fingerprint density at radius 1 is 1.78 bits per heavy atom. The molecule has 0 amide bonds. The van der Waals surface area contributed by atoms with Gasteiger partial charge in [-0.3, -0.25) is 0 Å². The Kier molecular flexibility index (Phi) is 5.00. The van der Waals surface area contributed by atoms with Crippen molar-refractivity contribution in [3.63, 3.8) is 0 Å². The predicted molar refractivity (Wildman–Crippen MR) is 46.7 cm³/mol. The Hall–Kier alpha value is 0.110. The molecule has 0 saturated carbocycles. The summed E-state index contributed by atoms with van der Waals surface area (Å²) >= 11 is 4.82. The lowest BCUT2D eigenvalue weighted by Crippen LogP contribution is -1.80. The van der Waals surface area contributed by atoms with E-state index in [4.69, 9.17) is 4.74 Å². The van der Waals surface area contributed by atoms with Gasteiger partial charge in [-0.15, -0.1) is 0 Å². The molecule has 52 valence electrons. The molecular formula is C6H9BrOS. The molecule has 3 heteroatoms. The molecular weight excluding hydrogens is 200 g/mol. The van der Waals surface area contributed by atoms with Crippen molar-refractivity contribution in [3.05, 3.63) is 22.2 Å². The van der Waals surface area contributed by atoms with Gasteiger partial charge in [-0.05, 0) is 22.2 Å². The number of allylic oxidation sites excluding steroid dienone is 2. The number of methoxy groups -OCH3 is 1. The highest BCUT2D eigenvalue weighted by molar-refractivity contribution is 9.12. The molecule has 0 aliphatic rings. The minimum Gasteiger partial charge on any atom is -0.489 e. The maximum atomic E-state index is 4.98. The van der Waals surface area contributed by atoms with Crippen LogP contribution in [0.5, 0.6) is 0 Å². The van der Waals surface area contributed by atoms with Crippen molar-refractivity contribution in [3.8, 4) is 0 Å². The van der Waals surface area contributed by atoms with Crippen LogP contribution in [-0.4, -0.2) is 13.4 Å². The summed E-state index contributed by atoms with van der Waals surface area (Å²) in [6, 6.07) is 0.